The average Bonchev–Trinajstić information content (AvgIpc) is 3.25. The number of thiazole rings is 1. The zero-order valence-corrected chi connectivity index (χ0v) is 16.3. The van der Waals surface area contributed by atoms with Crippen LogP contribution in [0.4, 0.5) is 0 Å². The second-order valence-electron chi connectivity index (χ2n) is 6.33. The lowest BCUT2D eigenvalue weighted by Gasteiger charge is -2.06. The van der Waals surface area contributed by atoms with Crippen molar-refractivity contribution >= 4 is 41.6 Å². The third kappa shape index (κ3) is 3.00. The van der Waals surface area contributed by atoms with E-state index in [0.29, 0.717) is 36.9 Å². The van der Waals surface area contributed by atoms with E-state index in [1.807, 2.05) is 0 Å². The summed E-state index contributed by atoms with van der Waals surface area (Å²) < 4.78 is 12.6. The van der Waals surface area contributed by atoms with Gasteiger partial charge in [0, 0.05) is 16.9 Å². The van der Waals surface area contributed by atoms with Crippen molar-refractivity contribution in [2.24, 2.45) is 4.99 Å². The Bertz CT molecular complexity index is 1380. The van der Waals surface area contributed by atoms with E-state index in [4.69, 9.17) is 21.7 Å². The fraction of sp³-hybridized carbons (Fsp3) is 0.0500. The fourth-order valence-electron chi connectivity index (χ4n) is 3.11. The standard InChI is InChI=1S/C20H12N2O5S2/c23-13-3-1-12(2-4-13)22-19(25)17(29-20(22)28)7-11-5-10-6-15-16(27-9-26-15)8-14(10)21-18(11)24/h1-8,23,25H,9H2/b11-7-. The zero-order valence-electron chi connectivity index (χ0n) is 14.7. The van der Waals surface area contributed by atoms with Crippen molar-refractivity contribution in [1.29, 1.82) is 0 Å². The molecule has 1 amide bonds. The Morgan fingerprint density at radius 3 is 2.62 bits per heavy atom. The number of amides is 1. The van der Waals surface area contributed by atoms with Gasteiger partial charge in [0.15, 0.2) is 15.5 Å². The first kappa shape index (κ1) is 17.7. The first-order valence-corrected chi connectivity index (χ1v) is 9.72. The van der Waals surface area contributed by atoms with Gasteiger partial charge in [0.05, 0.1) is 15.9 Å². The van der Waals surface area contributed by atoms with Crippen molar-refractivity contribution in [2.75, 3.05) is 6.79 Å². The average molecular weight is 424 g/mol. The van der Waals surface area contributed by atoms with E-state index in [9.17, 15) is 15.0 Å². The van der Waals surface area contributed by atoms with Crippen LogP contribution in [0.2, 0.25) is 0 Å². The van der Waals surface area contributed by atoms with E-state index in [0.717, 1.165) is 5.22 Å². The number of aromatic nitrogens is 1. The molecule has 2 N–H and O–H groups in total. The number of fused-ring (bicyclic) bond motifs is 2. The number of rotatable bonds is 2. The Kier molecular flexibility index (Phi) is 4.00. The summed E-state index contributed by atoms with van der Waals surface area (Å²) in [7, 11) is 0. The topological polar surface area (TPSA) is 93.3 Å². The molecule has 0 saturated carbocycles. The molecule has 0 fully saturated rings. The van der Waals surface area contributed by atoms with Gasteiger partial charge >= 0.3 is 0 Å². The summed E-state index contributed by atoms with van der Waals surface area (Å²) in [6, 6.07) is 9.73. The number of benzene rings is 2. The highest BCUT2D eigenvalue weighted by Gasteiger charge is 2.19. The highest BCUT2D eigenvalue weighted by Crippen LogP contribution is 2.33. The molecule has 29 heavy (non-hydrogen) atoms. The highest BCUT2D eigenvalue weighted by atomic mass is 32.1. The Balaban J connectivity index is 1.61. The predicted octanol–water partition coefficient (Wildman–Crippen LogP) is 2.43. The van der Waals surface area contributed by atoms with Crippen molar-refractivity contribution < 1.29 is 24.5 Å². The molecule has 1 aromatic heterocycles. The van der Waals surface area contributed by atoms with Crippen molar-refractivity contribution in [1.82, 2.24) is 4.57 Å². The van der Waals surface area contributed by atoms with E-state index >= 15 is 0 Å². The van der Waals surface area contributed by atoms with Crippen LogP contribution in [0.25, 0.3) is 17.8 Å². The molecule has 7 nitrogen and oxygen atoms in total. The number of aromatic hydroxyl groups is 2. The van der Waals surface area contributed by atoms with Crippen LogP contribution in [0.1, 0.15) is 4.88 Å². The van der Waals surface area contributed by atoms with Crippen LogP contribution >= 0.6 is 23.6 Å². The molecule has 0 saturated heterocycles. The molecule has 2 aliphatic heterocycles. The molecule has 0 spiro atoms. The number of hydrogen-bond acceptors (Lipinski definition) is 7. The number of hydrogen-bond donors (Lipinski definition) is 2. The quantitative estimate of drug-likeness (QED) is 0.485. The van der Waals surface area contributed by atoms with E-state index in [1.54, 1.807) is 36.4 Å². The number of carbonyl (C=O) groups excluding carboxylic acids is 1. The summed E-state index contributed by atoms with van der Waals surface area (Å²) in [5.41, 5.74) is 0.925. The molecule has 0 atom stereocenters. The predicted molar refractivity (Wildman–Crippen MR) is 109 cm³/mol. The molecule has 144 valence electrons. The molecule has 9 heteroatoms. The molecule has 3 aromatic rings. The monoisotopic (exact) mass is 424 g/mol. The van der Waals surface area contributed by atoms with Crippen LogP contribution in [0, 0.1) is 3.95 Å². The maximum atomic E-state index is 12.5. The number of phenols is 1. The lowest BCUT2D eigenvalue weighted by atomic mass is 10.1. The fourth-order valence-corrected chi connectivity index (χ4v) is 4.41. The van der Waals surface area contributed by atoms with Gasteiger partial charge in [-0.2, -0.15) is 0 Å². The normalized spacial score (nSPS) is 15.7. The van der Waals surface area contributed by atoms with Gasteiger partial charge in [-0.1, -0.05) is 0 Å². The van der Waals surface area contributed by atoms with E-state index in [2.05, 4.69) is 4.99 Å². The first-order chi connectivity index (χ1) is 14.0. The Hall–Kier alpha value is -3.43. The number of carbonyl (C=O) groups is 1. The maximum Gasteiger partial charge on any atom is 0.277 e. The third-order valence-corrected chi connectivity index (χ3v) is 5.82. The second-order valence-corrected chi connectivity index (χ2v) is 8.01. The lowest BCUT2D eigenvalue weighted by Crippen LogP contribution is -2.30. The number of phenolic OH excluding ortho intramolecular Hbond substituents is 1. The molecule has 0 bridgehead atoms. The maximum absolute atomic E-state index is 12.5. The Morgan fingerprint density at radius 1 is 1.14 bits per heavy atom. The smallest absolute Gasteiger partial charge is 0.277 e. The molecule has 2 aromatic carbocycles. The van der Waals surface area contributed by atoms with Gasteiger partial charge in [0.25, 0.3) is 5.91 Å². The summed E-state index contributed by atoms with van der Waals surface area (Å²) >= 11 is 6.54. The Labute approximate surface area is 172 Å². The minimum atomic E-state index is -0.425. The van der Waals surface area contributed by atoms with E-state index in [-0.39, 0.29) is 18.4 Å². The molecule has 0 unspecified atom stereocenters. The van der Waals surface area contributed by atoms with Gasteiger partial charge in [-0.05, 0) is 54.7 Å². The van der Waals surface area contributed by atoms with Gasteiger partial charge in [-0.25, -0.2) is 4.99 Å². The first-order valence-electron chi connectivity index (χ1n) is 8.50. The highest BCUT2D eigenvalue weighted by molar-refractivity contribution is 7.73. The molecule has 0 aliphatic carbocycles. The molecule has 2 aliphatic rings. The molecule has 5 rings (SSSR count). The van der Waals surface area contributed by atoms with Crippen LogP contribution in [0.3, 0.4) is 0 Å². The largest absolute Gasteiger partial charge is 0.508 e. The summed E-state index contributed by atoms with van der Waals surface area (Å²) in [4.78, 5) is 17.0. The van der Waals surface area contributed by atoms with Crippen molar-refractivity contribution in [3.8, 4) is 28.8 Å². The van der Waals surface area contributed by atoms with Crippen LogP contribution in [0.5, 0.6) is 23.1 Å². The third-order valence-electron chi connectivity index (χ3n) is 4.51. The Morgan fingerprint density at radius 2 is 1.86 bits per heavy atom. The van der Waals surface area contributed by atoms with E-state index in [1.165, 1.54) is 28.0 Å². The zero-order chi connectivity index (χ0) is 20.1. The minimum Gasteiger partial charge on any atom is -0.508 e. The van der Waals surface area contributed by atoms with Crippen molar-refractivity contribution in [3.05, 3.63) is 61.4 Å². The van der Waals surface area contributed by atoms with Gasteiger partial charge in [0.2, 0.25) is 12.7 Å². The molecular weight excluding hydrogens is 412 g/mol. The minimum absolute atomic E-state index is 0.0872. The van der Waals surface area contributed by atoms with Crippen molar-refractivity contribution in [2.45, 2.75) is 0 Å². The summed E-state index contributed by atoms with van der Waals surface area (Å²) in [6.07, 6.45) is 3.26. The van der Waals surface area contributed by atoms with Gasteiger partial charge in [-0.3, -0.25) is 9.36 Å². The summed E-state index contributed by atoms with van der Waals surface area (Å²) in [5, 5.41) is 21.4. The van der Waals surface area contributed by atoms with Crippen LogP contribution < -0.4 is 20.0 Å². The van der Waals surface area contributed by atoms with Gasteiger partial charge in [-0.15, -0.1) is 11.3 Å². The van der Waals surface area contributed by atoms with E-state index < -0.39 is 5.91 Å². The molecule has 0 radical (unpaired) electrons. The van der Waals surface area contributed by atoms with Gasteiger partial charge < -0.3 is 19.7 Å². The molecule has 3 heterocycles. The second kappa shape index (κ2) is 6.57. The van der Waals surface area contributed by atoms with Crippen molar-refractivity contribution in [3.63, 3.8) is 0 Å². The van der Waals surface area contributed by atoms with Gasteiger partial charge in [0.1, 0.15) is 5.75 Å². The van der Waals surface area contributed by atoms with Crippen LogP contribution in [-0.2, 0) is 4.79 Å². The lowest BCUT2D eigenvalue weighted by molar-refractivity contribution is -0.114. The SMILES string of the molecule is O=C1N=c2cc3c(cc2=C/C1=C/c1sc(=S)n(-c2ccc(O)cc2)c1O)OCO3. The van der Waals surface area contributed by atoms with Crippen LogP contribution in [-0.4, -0.2) is 27.5 Å². The number of ether oxygens (including phenoxy) is 2. The summed E-state index contributed by atoms with van der Waals surface area (Å²) in [6.45, 7) is 0.136. The molecular formula is C20H12N2O5S2. The van der Waals surface area contributed by atoms with Crippen LogP contribution in [0.15, 0.2) is 47.0 Å². The summed E-state index contributed by atoms with van der Waals surface area (Å²) in [5.74, 6) is 0.756. The number of nitrogens with zero attached hydrogens (tertiary/aromatic N) is 2.